The summed E-state index contributed by atoms with van der Waals surface area (Å²) >= 11 is 1.67. The van der Waals surface area contributed by atoms with Crippen LogP contribution in [-0.2, 0) is 16.6 Å². The summed E-state index contributed by atoms with van der Waals surface area (Å²) in [7, 11) is -1.31. The number of nitrogens with zero attached hydrogens (tertiary/aromatic N) is 3. The first-order valence-corrected chi connectivity index (χ1v) is 10.4. The van der Waals surface area contributed by atoms with Crippen LogP contribution in [0.4, 0.5) is 0 Å². The quantitative estimate of drug-likeness (QED) is 0.599. The Morgan fingerprint density at radius 1 is 1.43 bits per heavy atom. The number of piperidine rings is 1. The average Bonchev–Trinajstić information content (AvgIpc) is 2.92. The molecule has 1 fully saturated rings. The SMILES string of the molecule is CN=C(NCc1ncc(C)s1)NCC1CCN(S(C)(=O)=O)CC1. The van der Waals surface area contributed by atoms with Gasteiger partial charge in [-0.05, 0) is 25.7 Å². The number of aryl methyl sites for hydroxylation is 1. The lowest BCUT2D eigenvalue weighted by Crippen LogP contribution is -2.43. The molecule has 0 aliphatic carbocycles. The lowest BCUT2D eigenvalue weighted by molar-refractivity contribution is 0.275. The summed E-state index contributed by atoms with van der Waals surface area (Å²) in [4.78, 5) is 9.72. The molecule has 0 aromatic carbocycles. The van der Waals surface area contributed by atoms with Crippen LogP contribution in [-0.4, -0.2) is 56.6 Å². The third kappa shape index (κ3) is 5.74. The normalized spacial score (nSPS) is 18.1. The topological polar surface area (TPSA) is 86.7 Å². The minimum absolute atomic E-state index is 0.466. The number of aromatic nitrogens is 1. The van der Waals surface area contributed by atoms with Crippen molar-refractivity contribution in [2.24, 2.45) is 10.9 Å². The van der Waals surface area contributed by atoms with E-state index >= 15 is 0 Å². The van der Waals surface area contributed by atoms with Crippen molar-refractivity contribution >= 4 is 27.3 Å². The molecule has 0 saturated carbocycles. The molecule has 1 aromatic heterocycles. The largest absolute Gasteiger partial charge is 0.356 e. The van der Waals surface area contributed by atoms with E-state index < -0.39 is 10.0 Å². The van der Waals surface area contributed by atoms with Crippen LogP contribution in [0.15, 0.2) is 11.2 Å². The molecule has 1 aromatic rings. The minimum Gasteiger partial charge on any atom is -0.356 e. The van der Waals surface area contributed by atoms with Gasteiger partial charge in [-0.25, -0.2) is 17.7 Å². The smallest absolute Gasteiger partial charge is 0.211 e. The Morgan fingerprint density at radius 2 is 2.13 bits per heavy atom. The van der Waals surface area contributed by atoms with Crippen LogP contribution in [0.25, 0.3) is 0 Å². The van der Waals surface area contributed by atoms with Gasteiger partial charge in [-0.2, -0.15) is 0 Å². The number of thiazole rings is 1. The Kier molecular flexibility index (Phi) is 6.37. The summed E-state index contributed by atoms with van der Waals surface area (Å²) in [6, 6.07) is 0. The molecule has 0 atom stereocenters. The lowest BCUT2D eigenvalue weighted by atomic mass is 9.98. The monoisotopic (exact) mass is 359 g/mol. The van der Waals surface area contributed by atoms with Crippen molar-refractivity contribution in [3.8, 4) is 0 Å². The van der Waals surface area contributed by atoms with Gasteiger partial charge < -0.3 is 10.6 Å². The number of guanidine groups is 1. The highest BCUT2D eigenvalue weighted by molar-refractivity contribution is 7.88. The molecule has 9 heteroatoms. The van der Waals surface area contributed by atoms with Crippen molar-refractivity contribution in [1.29, 1.82) is 0 Å². The van der Waals surface area contributed by atoms with Crippen LogP contribution >= 0.6 is 11.3 Å². The van der Waals surface area contributed by atoms with Gasteiger partial charge in [0.1, 0.15) is 5.01 Å². The van der Waals surface area contributed by atoms with Crippen molar-refractivity contribution in [3.63, 3.8) is 0 Å². The number of rotatable bonds is 5. The molecule has 7 nitrogen and oxygen atoms in total. The zero-order valence-corrected chi connectivity index (χ0v) is 15.5. The standard InChI is InChI=1S/C14H25N5O2S2/c1-11-8-16-13(22-11)10-18-14(15-2)17-9-12-4-6-19(7-5-12)23(3,20)21/h8,12H,4-7,9-10H2,1-3H3,(H2,15,17,18). The van der Waals surface area contributed by atoms with Gasteiger partial charge in [-0.1, -0.05) is 0 Å². The summed E-state index contributed by atoms with van der Waals surface area (Å²) in [5, 5.41) is 7.60. The highest BCUT2D eigenvalue weighted by atomic mass is 32.2. The first kappa shape index (κ1) is 18.2. The van der Waals surface area contributed by atoms with E-state index in [-0.39, 0.29) is 0 Å². The van der Waals surface area contributed by atoms with Crippen molar-refractivity contribution in [1.82, 2.24) is 19.9 Å². The fourth-order valence-corrected chi connectivity index (χ4v) is 4.15. The summed E-state index contributed by atoms with van der Waals surface area (Å²) in [5.74, 6) is 1.22. The van der Waals surface area contributed by atoms with Crippen molar-refractivity contribution in [2.75, 3.05) is 32.9 Å². The maximum absolute atomic E-state index is 11.5. The van der Waals surface area contributed by atoms with E-state index in [4.69, 9.17) is 0 Å². The molecule has 2 rings (SSSR count). The first-order chi connectivity index (χ1) is 10.9. The Labute approximate surface area is 142 Å². The van der Waals surface area contributed by atoms with E-state index in [9.17, 15) is 8.42 Å². The lowest BCUT2D eigenvalue weighted by Gasteiger charge is -2.30. The van der Waals surface area contributed by atoms with Gasteiger partial charge in [0, 0.05) is 37.8 Å². The molecule has 2 N–H and O–H groups in total. The van der Waals surface area contributed by atoms with Crippen LogP contribution in [0.1, 0.15) is 22.7 Å². The van der Waals surface area contributed by atoms with E-state index in [1.165, 1.54) is 11.1 Å². The highest BCUT2D eigenvalue weighted by Gasteiger charge is 2.24. The third-order valence-electron chi connectivity index (χ3n) is 3.90. The van der Waals surface area contributed by atoms with Gasteiger partial charge in [0.15, 0.2) is 5.96 Å². The molecule has 2 heterocycles. The van der Waals surface area contributed by atoms with Crippen molar-refractivity contribution < 1.29 is 8.42 Å². The van der Waals surface area contributed by atoms with Crippen molar-refractivity contribution in [3.05, 3.63) is 16.1 Å². The van der Waals surface area contributed by atoms with Crippen LogP contribution in [0.5, 0.6) is 0 Å². The predicted octanol–water partition coefficient (Wildman–Crippen LogP) is 0.788. The molecule has 1 aliphatic heterocycles. The van der Waals surface area contributed by atoms with Crippen LogP contribution in [0.3, 0.4) is 0 Å². The van der Waals surface area contributed by atoms with E-state index in [1.807, 2.05) is 13.1 Å². The molecule has 0 bridgehead atoms. The van der Waals surface area contributed by atoms with E-state index in [1.54, 1.807) is 22.7 Å². The summed E-state index contributed by atoms with van der Waals surface area (Å²) < 4.78 is 24.6. The maximum atomic E-state index is 11.5. The maximum Gasteiger partial charge on any atom is 0.211 e. The Hall–Kier alpha value is -1.19. The first-order valence-electron chi connectivity index (χ1n) is 7.69. The second kappa shape index (κ2) is 8.07. The van der Waals surface area contributed by atoms with Crippen LogP contribution < -0.4 is 10.6 Å². The summed E-state index contributed by atoms with van der Waals surface area (Å²) in [6.45, 7) is 4.71. The molecule has 0 amide bonds. The Morgan fingerprint density at radius 3 is 2.65 bits per heavy atom. The molecular weight excluding hydrogens is 334 g/mol. The molecule has 0 unspecified atom stereocenters. The van der Waals surface area contributed by atoms with Gasteiger partial charge >= 0.3 is 0 Å². The molecule has 23 heavy (non-hydrogen) atoms. The summed E-state index contributed by atoms with van der Waals surface area (Å²) in [5.41, 5.74) is 0. The van der Waals surface area contributed by atoms with E-state index in [0.717, 1.165) is 30.4 Å². The fourth-order valence-electron chi connectivity index (χ4n) is 2.55. The molecule has 130 valence electrons. The second-order valence-corrected chi connectivity index (χ2v) is 9.08. The average molecular weight is 360 g/mol. The molecule has 0 radical (unpaired) electrons. The number of hydrogen-bond donors (Lipinski definition) is 2. The third-order valence-corrected chi connectivity index (χ3v) is 6.12. The van der Waals surface area contributed by atoms with Gasteiger partial charge in [0.25, 0.3) is 0 Å². The number of aliphatic imine (C=N–C) groups is 1. The number of hydrogen-bond acceptors (Lipinski definition) is 5. The van der Waals surface area contributed by atoms with Crippen molar-refractivity contribution in [2.45, 2.75) is 26.3 Å². The van der Waals surface area contributed by atoms with Crippen LogP contribution in [0, 0.1) is 12.8 Å². The van der Waals surface area contributed by atoms with Crippen LogP contribution in [0.2, 0.25) is 0 Å². The molecule has 0 spiro atoms. The van der Waals surface area contributed by atoms with E-state index in [0.29, 0.717) is 25.6 Å². The van der Waals surface area contributed by atoms with Gasteiger partial charge in [0.05, 0.1) is 12.8 Å². The minimum atomic E-state index is -3.05. The molecule has 1 saturated heterocycles. The highest BCUT2D eigenvalue weighted by Crippen LogP contribution is 2.18. The summed E-state index contributed by atoms with van der Waals surface area (Å²) in [6.07, 6.45) is 4.90. The zero-order valence-electron chi connectivity index (χ0n) is 13.9. The van der Waals surface area contributed by atoms with E-state index in [2.05, 4.69) is 20.6 Å². The van der Waals surface area contributed by atoms with Gasteiger partial charge in [-0.15, -0.1) is 11.3 Å². The Balaban J connectivity index is 1.72. The van der Waals surface area contributed by atoms with Gasteiger partial charge in [-0.3, -0.25) is 4.99 Å². The predicted molar refractivity (Wildman–Crippen MR) is 94.2 cm³/mol. The number of sulfonamides is 1. The number of nitrogens with one attached hydrogen (secondary N) is 2. The zero-order chi connectivity index (χ0) is 16.9. The van der Waals surface area contributed by atoms with Gasteiger partial charge in [0.2, 0.25) is 10.0 Å². The molecular formula is C14H25N5O2S2. The molecule has 1 aliphatic rings. The second-order valence-electron chi connectivity index (χ2n) is 5.78. The Bertz CT molecular complexity index is 633. The fraction of sp³-hybridized carbons (Fsp3) is 0.714.